The highest BCUT2D eigenvalue weighted by Crippen LogP contribution is 2.31. The SMILES string of the molecule is CC1CC(=O)Nc2ccccc2N1C(=O)CN(Cc1ccco1)Cc1cccs1. The highest BCUT2D eigenvalue weighted by atomic mass is 32.1. The smallest absolute Gasteiger partial charge is 0.241 e. The van der Waals surface area contributed by atoms with Gasteiger partial charge in [0.15, 0.2) is 0 Å². The monoisotopic (exact) mass is 409 g/mol. The first-order valence-corrected chi connectivity index (χ1v) is 10.5. The van der Waals surface area contributed by atoms with Gasteiger partial charge in [-0.25, -0.2) is 0 Å². The number of thiophene rings is 1. The summed E-state index contributed by atoms with van der Waals surface area (Å²) in [4.78, 5) is 30.6. The van der Waals surface area contributed by atoms with E-state index < -0.39 is 0 Å². The van der Waals surface area contributed by atoms with E-state index in [1.165, 1.54) is 4.88 Å². The van der Waals surface area contributed by atoms with E-state index in [0.717, 1.165) is 11.4 Å². The molecular formula is C22H23N3O3S. The number of carbonyl (C=O) groups excluding carboxylic acids is 2. The minimum atomic E-state index is -0.224. The lowest BCUT2D eigenvalue weighted by atomic mass is 10.1. The molecule has 7 heteroatoms. The van der Waals surface area contributed by atoms with E-state index in [9.17, 15) is 9.59 Å². The molecule has 1 N–H and O–H groups in total. The zero-order valence-corrected chi connectivity index (χ0v) is 17.0. The van der Waals surface area contributed by atoms with Gasteiger partial charge in [0.25, 0.3) is 0 Å². The minimum absolute atomic E-state index is 0.0374. The molecule has 3 aromatic rings. The van der Waals surface area contributed by atoms with Crippen LogP contribution in [0.1, 0.15) is 24.0 Å². The summed E-state index contributed by atoms with van der Waals surface area (Å²) in [6, 6.07) is 15.1. The van der Waals surface area contributed by atoms with Gasteiger partial charge in [-0.15, -0.1) is 11.3 Å². The molecule has 29 heavy (non-hydrogen) atoms. The molecule has 0 spiro atoms. The van der Waals surface area contributed by atoms with Crippen LogP contribution in [0.2, 0.25) is 0 Å². The largest absolute Gasteiger partial charge is 0.468 e. The summed E-state index contributed by atoms with van der Waals surface area (Å²) >= 11 is 1.67. The van der Waals surface area contributed by atoms with E-state index >= 15 is 0 Å². The highest BCUT2D eigenvalue weighted by molar-refractivity contribution is 7.09. The van der Waals surface area contributed by atoms with Crippen LogP contribution < -0.4 is 10.2 Å². The van der Waals surface area contributed by atoms with Crippen LogP contribution in [0.15, 0.2) is 64.6 Å². The van der Waals surface area contributed by atoms with E-state index in [2.05, 4.69) is 16.3 Å². The van der Waals surface area contributed by atoms with Crippen LogP contribution in [0.4, 0.5) is 11.4 Å². The van der Waals surface area contributed by atoms with Gasteiger partial charge in [0, 0.05) is 23.9 Å². The van der Waals surface area contributed by atoms with Crippen LogP contribution in [0.25, 0.3) is 0 Å². The number of amides is 2. The predicted molar refractivity (Wildman–Crippen MR) is 114 cm³/mol. The van der Waals surface area contributed by atoms with Crippen molar-refractivity contribution in [2.75, 3.05) is 16.8 Å². The number of hydrogen-bond acceptors (Lipinski definition) is 5. The van der Waals surface area contributed by atoms with Crippen LogP contribution in [-0.4, -0.2) is 29.3 Å². The maximum absolute atomic E-state index is 13.4. The summed E-state index contributed by atoms with van der Waals surface area (Å²) in [7, 11) is 0. The third kappa shape index (κ3) is 4.58. The van der Waals surface area contributed by atoms with Gasteiger partial charge in [-0.1, -0.05) is 18.2 Å². The fourth-order valence-corrected chi connectivity index (χ4v) is 4.40. The van der Waals surface area contributed by atoms with Crippen molar-refractivity contribution in [3.8, 4) is 0 Å². The Morgan fingerprint density at radius 2 is 2.07 bits per heavy atom. The zero-order chi connectivity index (χ0) is 20.2. The van der Waals surface area contributed by atoms with Crippen molar-refractivity contribution < 1.29 is 14.0 Å². The van der Waals surface area contributed by atoms with Gasteiger partial charge in [-0.05, 0) is 42.6 Å². The quantitative estimate of drug-likeness (QED) is 0.665. The van der Waals surface area contributed by atoms with Crippen molar-refractivity contribution in [2.24, 2.45) is 0 Å². The second-order valence-corrected chi connectivity index (χ2v) is 8.22. The predicted octanol–water partition coefficient (Wildman–Crippen LogP) is 4.11. The molecule has 1 atom stereocenters. The molecule has 4 rings (SSSR count). The number of furan rings is 1. The molecule has 0 radical (unpaired) electrons. The Hall–Kier alpha value is -2.90. The Morgan fingerprint density at radius 1 is 1.21 bits per heavy atom. The van der Waals surface area contributed by atoms with Crippen LogP contribution >= 0.6 is 11.3 Å². The molecule has 1 unspecified atom stereocenters. The maximum Gasteiger partial charge on any atom is 0.241 e. The van der Waals surface area contributed by atoms with Gasteiger partial charge >= 0.3 is 0 Å². The minimum Gasteiger partial charge on any atom is -0.468 e. The molecular weight excluding hydrogens is 386 g/mol. The molecule has 0 fully saturated rings. The Bertz CT molecular complexity index is 933. The molecule has 1 aliphatic rings. The van der Waals surface area contributed by atoms with E-state index in [0.29, 0.717) is 18.8 Å². The van der Waals surface area contributed by atoms with Gasteiger partial charge in [0.2, 0.25) is 11.8 Å². The second-order valence-electron chi connectivity index (χ2n) is 7.19. The summed E-state index contributed by atoms with van der Waals surface area (Å²) in [5.41, 5.74) is 1.41. The molecule has 1 aliphatic heterocycles. The lowest BCUT2D eigenvalue weighted by Gasteiger charge is -2.30. The number of nitrogens with zero attached hydrogens (tertiary/aromatic N) is 2. The number of benzene rings is 1. The molecule has 1 aromatic carbocycles. The standard InChI is InChI=1S/C22H23N3O3S/c1-16-12-21(26)23-19-8-2-3-9-20(19)25(16)22(27)15-24(13-17-6-4-10-28-17)14-18-7-5-11-29-18/h2-11,16H,12-15H2,1H3,(H,23,26). The third-order valence-electron chi connectivity index (χ3n) is 4.91. The van der Waals surface area contributed by atoms with Gasteiger partial charge in [0.1, 0.15) is 5.76 Å². The fourth-order valence-electron chi connectivity index (χ4n) is 3.65. The fraction of sp³-hybridized carbons (Fsp3) is 0.273. The number of anilines is 2. The van der Waals surface area contributed by atoms with E-state index in [4.69, 9.17) is 4.42 Å². The summed E-state index contributed by atoms with van der Waals surface area (Å²) < 4.78 is 5.50. The number of nitrogens with one attached hydrogen (secondary N) is 1. The first-order valence-electron chi connectivity index (χ1n) is 9.58. The van der Waals surface area contributed by atoms with Gasteiger partial charge in [-0.2, -0.15) is 0 Å². The third-order valence-corrected chi connectivity index (χ3v) is 5.77. The molecule has 0 saturated carbocycles. The van der Waals surface area contributed by atoms with Crippen molar-refractivity contribution in [2.45, 2.75) is 32.5 Å². The summed E-state index contributed by atoms with van der Waals surface area (Å²) in [5, 5.41) is 4.94. The molecule has 150 valence electrons. The maximum atomic E-state index is 13.4. The van der Waals surface area contributed by atoms with Crippen molar-refractivity contribution in [3.05, 3.63) is 70.8 Å². The average molecular weight is 410 g/mol. The van der Waals surface area contributed by atoms with Crippen LogP contribution in [-0.2, 0) is 22.7 Å². The molecule has 6 nitrogen and oxygen atoms in total. The number of fused-ring (bicyclic) bond motifs is 1. The van der Waals surface area contributed by atoms with E-state index in [1.807, 2.05) is 54.8 Å². The van der Waals surface area contributed by atoms with Gasteiger partial charge in [0.05, 0.1) is 30.7 Å². The van der Waals surface area contributed by atoms with Crippen LogP contribution in [0, 0.1) is 0 Å². The Balaban J connectivity index is 1.58. The number of rotatable bonds is 6. The van der Waals surface area contributed by atoms with Crippen molar-refractivity contribution >= 4 is 34.5 Å². The van der Waals surface area contributed by atoms with E-state index in [1.54, 1.807) is 22.5 Å². The van der Waals surface area contributed by atoms with Crippen LogP contribution in [0.5, 0.6) is 0 Å². The first-order chi connectivity index (χ1) is 14.1. The zero-order valence-electron chi connectivity index (χ0n) is 16.2. The molecule has 0 saturated heterocycles. The Labute approximate surface area is 173 Å². The topological polar surface area (TPSA) is 65.8 Å². The average Bonchev–Trinajstić information content (AvgIpc) is 3.35. The summed E-state index contributed by atoms with van der Waals surface area (Å²) in [6.45, 7) is 3.34. The Morgan fingerprint density at radius 3 is 2.83 bits per heavy atom. The Kier molecular flexibility index (Phi) is 5.78. The number of para-hydroxylation sites is 2. The van der Waals surface area contributed by atoms with E-state index in [-0.39, 0.29) is 30.8 Å². The van der Waals surface area contributed by atoms with Gasteiger partial charge < -0.3 is 14.6 Å². The van der Waals surface area contributed by atoms with Gasteiger partial charge in [-0.3, -0.25) is 14.5 Å². The molecule has 0 bridgehead atoms. The van der Waals surface area contributed by atoms with Crippen molar-refractivity contribution in [3.63, 3.8) is 0 Å². The molecule has 0 aliphatic carbocycles. The lowest BCUT2D eigenvalue weighted by Crippen LogP contribution is -2.44. The summed E-state index contributed by atoms with van der Waals surface area (Å²) in [6.07, 6.45) is 1.91. The molecule has 2 amide bonds. The number of carbonyl (C=O) groups is 2. The van der Waals surface area contributed by atoms with Crippen LogP contribution in [0.3, 0.4) is 0 Å². The second kappa shape index (κ2) is 8.63. The summed E-state index contributed by atoms with van der Waals surface area (Å²) in [5.74, 6) is 0.700. The normalized spacial score (nSPS) is 16.4. The van der Waals surface area contributed by atoms with Crippen molar-refractivity contribution in [1.29, 1.82) is 0 Å². The molecule has 2 aromatic heterocycles. The highest BCUT2D eigenvalue weighted by Gasteiger charge is 2.30. The van der Waals surface area contributed by atoms with Crippen molar-refractivity contribution in [1.82, 2.24) is 4.90 Å². The first kappa shape index (κ1) is 19.4. The lowest BCUT2D eigenvalue weighted by molar-refractivity contribution is -0.120. The molecule has 3 heterocycles. The number of hydrogen-bond donors (Lipinski definition) is 1.